The fourth-order valence-corrected chi connectivity index (χ4v) is 1.16. The van der Waals surface area contributed by atoms with E-state index in [1.165, 1.54) is 6.92 Å². The van der Waals surface area contributed by atoms with Crippen LogP contribution in [-0.4, -0.2) is 44.8 Å². The molecule has 0 heterocycles. The molecule has 0 bridgehead atoms. The molecule has 0 saturated heterocycles. The lowest BCUT2D eigenvalue weighted by atomic mass is 10.2. The van der Waals surface area contributed by atoms with Gasteiger partial charge in [0.05, 0.1) is 6.61 Å². The summed E-state index contributed by atoms with van der Waals surface area (Å²) in [5.41, 5.74) is 0. The molecule has 0 fully saturated rings. The Labute approximate surface area is 102 Å². The van der Waals surface area contributed by atoms with Gasteiger partial charge in [0.1, 0.15) is 13.2 Å². The molecule has 17 heavy (non-hydrogen) atoms. The molecule has 0 N–H and O–H groups in total. The van der Waals surface area contributed by atoms with Crippen LogP contribution in [0.25, 0.3) is 0 Å². The van der Waals surface area contributed by atoms with Crippen molar-refractivity contribution in [2.45, 2.75) is 33.1 Å². The number of carbonyl (C=O) groups is 2. The molecule has 0 rings (SSSR count). The van der Waals surface area contributed by atoms with Crippen LogP contribution in [0.15, 0.2) is 0 Å². The molecule has 0 amide bonds. The summed E-state index contributed by atoms with van der Waals surface area (Å²) in [5.74, 6) is -0.278. The van der Waals surface area contributed by atoms with E-state index in [9.17, 15) is 9.59 Å². The van der Waals surface area contributed by atoms with E-state index in [-0.39, 0.29) is 25.0 Å². The normalized spacial score (nSPS) is 10.2. The first kappa shape index (κ1) is 16.1. The highest BCUT2D eigenvalue weighted by molar-refractivity contribution is 5.76. The summed E-state index contributed by atoms with van der Waals surface area (Å²) < 4.78 is 14.9. The first-order chi connectivity index (χ1) is 8.16. The molecule has 0 aromatic heterocycles. The Hall–Kier alpha value is -0.940. The largest absolute Gasteiger partial charge is 0.464 e. The van der Waals surface area contributed by atoms with Crippen LogP contribution in [0.4, 0.5) is 0 Å². The van der Waals surface area contributed by atoms with Gasteiger partial charge < -0.3 is 14.2 Å². The van der Waals surface area contributed by atoms with Crippen molar-refractivity contribution in [3.63, 3.8) is 0 Å². The summed E-state index contributed by atoms with van der Waals surface area (Å²) in [4.78, 5) is 21.4. The van der Waals surface area contributed by atoms with Gasteiger partial charge in [0, 0.05) is 13.2 Å². The van der Waals surface area contributed by atoms with Gasteiger partial charge in [0.2, 0.25) is 0 Å². The highest BCUT2D eigenvalue weighted by Crippen LogP contribution is 1.97. The zero-order chi connectivity index (χ0) is 12.9. The maximum absolute atomic E-state index is 10.9. The molecular formula is C12H22O5. The predicted octanol–water partition coefficient (Wildman–Crippen LogP) is 1.34. The van der Waals surface area contributed by atoms with Crippen LogP contribution < -0.4 is 0 Å². The summed E-state index contributed by atoms with van der Waals surface area (Å²) in [5, 5.41) is 0. The Bertz CT molecular complexity index is 215. The number of unbranched alkanes of at least 4 members (excludes halogenated alkanes) is 2. The van der Waals surface area contributed by atoms with Crippen LogP contribution in [0, 0.1) is 0 Å². The van der Waals surface area contributed by atoms with Crippen molar-refractivity contribution in [3.8, 4) is 0 Å². The first-order valence-corrected chi connectivity index (χ1v) is 5.97. The van der Waals surface area contributed by atoms with Gasteiger partial charge >= 0.3 is 5.97 Å². The van der Waals surface area contributed by atoms with Crippen LogP contribution in [-0.2, 0) is 23.8 Å². The molecule has 0 aliphatic carbocycles. The monoisotopic (exact) mass is 246 g/mol. The Morgan fingerprint density at radius 2 is 1.53 bits per heavy atom. The molecule has 0 aromatic rings. The van der Waals surface area contributed by atoms with Crippen molar-refractivity contribution in [2.24, 2.45) is 0 Å². The predicted molar refractivity (Wildman–Crippen MR) is 62.8 cm³/mol. The molecule has 0 radical (unpaired) electrons. The number of hydrogen-bond donors (Lipinski definition) is 0. The summed E-state index contributed by atoms with van der Waals surface area (Å²) in [6.45, 7) is 5.01. The third-order valence-corrected chi connectivity index (χ3v) is 1.91. The van der Waals surface area contributed by atoms with Crippen molar-refractivity contribution in [3.05, 3.63) is 0 Å². The fourth-order valence-electron chi connectivity index (χ4n) is 1.16. The zero-order valence-corrected chi connectivity index (χ0v) is 10.7. The summed E-state index contributed by atoms with van der Waals surface area (Å²) in [6, 6.07) is 0. The molecule has 0 saturated carbocycles. The Balaban J connectivity index is 3.08. The van der Waals surface area contributed by atoms with Crippen LogP contribution in [0.5, 0.6) is 0 Å². The molecule has 0 aliphatic heterocycles. The Kier molecular flexibility index (Phi) is 10.9. The van der Waals surface area contributed by atoms with Crippen LogP contribution in [0.3, 0.4) is 0 Å². The number of rotatable bonds is 11. The minimum atomic E-state index is -0.322. The van der Waals surface area contributed by atoms with Gasteiger partial charge in [0.25, 0.3) is 0 Å². The number of esters is 1. The van der Waals surface area contributed by atoms with Gasteiger partial charge in [-0.2, -0.15) is 0 Å². The van der Waals surface area contributed by atoms with Gasteiger partial charge in [-0.3, -0.25) is 4.79 Å². The van der Waals surface area contributed by atoms with E-state index in [0.29, 0.717) is 19.8 Å². The van der Waals surface area contributed by atoms with Crippen molar-refractivity contribution < 1.29 is 23.8 Å². The van der Waals surface area contributed by atoms with E-state index in [2.05, 4.69) is 0 Å². The standard InChI is InChI=1S/C12H22O5/c1-3-17-12(14)10-16-8-6-4-5-7-15-9-11(2)13/h3-10H2,1-2H3. The molecule has 0 aliphatic rings. The summed E-state index contributed by atoms with van der Waals surface area (Å²) >= 11 is 0. The number of carbonyl (C=O) groups excluding carboxylic acids is 2. The minimum Gasteiger partial charge on any atom is -0.464 e. The quantitative estimate of drug-likeness (QED) is 0.406. The first-order valence-electron chi connectivity index (χ1n) is 5.97. The third-order valence-electron chi connectivity index (χ3n) is 1.91. The summed E-state index contributed by atoms with van der Waals surface area (Å²) in [6.07, 6.45) is 2.74. The molecule has 5 nitrogen and oxygen atoms in total. The van der Waals surface area contributed by atoms with E-state index in [1.807, 2.05) is 0 Å². The minimum absolute atomic E-state index is 0.0225. The lowest BCUT2D eigenvalue weighted by Crippen LogP contribution is -2.13. The maximum atomic E-state index is 10.9. The fraction of sp³-hybridized carbons (Fsp3) is 0.833. The van der Waals surface area contributed by atoms with Gasteiger partial charge in [-0.05, 0) is 33.1 Å². The van der Waals surface area contributed by atoms with E-state index < -0.39 is 0 Å². The number of ketones is 1. The van der Waals surface area contributed by atoms with Crippen molar-refractivity contribution in [1.29, 1.82) is 0 Å². The molecule has 5 heteroatoms. The summed E-state index contributed by atoms with van der Waals surface area (Å²) in [7, 11) is 0. The molecule has 0 unspecified atom stereocenters. The lowest BCUT2D eigenvalue weighted by molar-refractivity contribution is -0.148. The van der Waals surface area contributed by atoms with E-state index in [0.717, 1.165) is 19.3 Å². The number of hydrogen-bond acceptors (Lipinski definition) is 5. The van der Waals surface area contributed by atoms with Crippen LogP contribution in [0.2, 0.25) is 0 Å². The number of Topliss-reactive ketones (excluding diaryl/α,β-unsaturated/α-hetero) is 1. The smallest absolute Gasteiger partial charge is 0.332 e. The van der Waals surface area contributed by atoms with Crippen LogP contribution in [0.1, 0.15) is 33.1 Å². The van der Waals surface area contributed by atoms with Gasteiger partial charge in [-0.1, -0.05) is 0 Å². The average molecular weight is 246 g/mol. The molecule has 100 valence electrons. The van der Waals surface area contributed by atoms with E-state index >= 15 is 0 Å². The third kappa shape index (κ3) is 13.0. The van der Waals surface area contributed by atoms with E-state index in [1.54, 1.807) is 6.92 Å². The Morgan fingerprint density at radius 1 is 0.941 bits per heavy atom. The van der Waals surface area contributed by atoms with Crippen molar-refractivity contribution in [1.82, 2.24) is 0 Å². The van der Waals surface area contributed by atoms with E-state index in [4.69, 9.17) is 14.2 Å². The van der Waals surface area contributed by atoms with Gasteiger partial charge in [-0.25, -0.2) is 4.79 Å². The highest BCUT2D eigenvalue weighted by Gasteiger charge is 2.00. The second kappa shape index (κ2) is 11.5. The molecule has 0 atom stereocenters. The zero-order valence-electron chi connectivity index (χ0n) is 10.7. The second-order valence-corrected chi connectivity index (χ2v) is 3.67. The van der Waals surface area contributed by atoms with Crippen molar-refractivity contribution in [2.75, 3.05) is 33.0 Å². The molecular weight excluding hydrogens is 224 g/mol. The topological polar surface area (TPSA) is 61.8 Å². The highest BCUT2D eigenvalue weighted by atomic mass is 16.6. The SMILES string of the molecule is CCOC(=O)COCCCCCOCC(C)=O. The second-order valence-electron chi connectivity index (χ2n) is 3.67. The number of ether oxygens (including phenoxy) is 3. The average Bonchev–Trinajstić information content (AvgIpc) is 2.27. The molecule has 0 spiro atoms. The van der Waals surface area contributed by atoms with Crippen molar-refractivity contribution >= 4 is 11.8 Å². The maximum Gasteiger partial charge on any atom is 0.332 e. The lowest BCUT2D eigenvalue weighted by Gasteiger charge is -2.04. The Morgan fingerprint density at radius 3 is 2.06 bits per heavy atom. The molecule has 0 aromatic carbocycles. The van der Waals surface area contributed by atoms with Gasteiger partial charge in [-0.15, -0.1) is 0 Å². The van der Waals surface area contributed by atoms with Crippen LogP contribution >= 0.6 is 0 Å². The van der Waals surface area contributed by atoms with Gasteiger partial charge in [0.15, 0.2) is 5.78 Å².